The van der Waals surface area contributed by atoms with Gasteiger partial charge in [0.15, 0.2) is 4.96 Å². The molecular formula is C10H14N2S. The van der Waals surface area contributed by atoms with Crippen LogP contribution in [0.15, 0.2) is 6.20 Å². The number of aryl methyl sites for hydroxylation is 3. The predicted molar refractivity (Wildman–Crippen MR) is 56.5 cm³/mol. The Kier molecular flexibility index (Phi) is 2.12. The Bertz CT molecular complexity index is 425. The third kappa shape index (κ3) is 1.37. The fourth-order valence-corrected chi connectivity index (χ4v) is 2.45. The van der Waals surface area contributed by atoms with E-state index < -0.39 is 0 Å². The van der Waals surface area contributed by atoms with Gasteiger partial charge in [-0.1, -0.05) is 13.3 Å². The zero-order chi connectivity index (χ0) is 9.42. The normalized spacial score (nSPS) is 11.3. The van der Waals surface area contributed by atoms with Gasteiger partial charge in [-0.05, 0) is 20.3 Å². The topological polar surface area (TPSA) is 17.3 Å². The molecule has 0 radical (unpaired) electrons. The Hall–Kier alpha value is -0.830. The average molecular weight is 194 g/mol. The molecule has 2 heterocycles. The van der Waals surface area contributed by atoms with Gasteiger partial charge in [0.05, 0.1) is 5.69 Å². The molecule has 70 valence electrons. The molecule has 2 nitrogen and oxygen atoms in total. The summed E-state index contributed by atoms with van der Waals surface area (Å²) in [5.74, 6) is 0. The maximum absolute atomic E-state index is 4.57. The van der Waals surface area contributed by atoms with Crippen LogP contribution < -0.4 is 0 Å². The van der Waals surface area contributed by atoms with E-state index in [1.54, 1.807) is 11.3 Å². The Balaban J connectivity index is 2.52. The van der Waals surface area contributed by atoms with Gasteiger partial charge in [-0.15, -0.1) is 11.3 Å². The number of thiazole rings is 1. The molecule has 0 aliphatic carbocycles. The summed E-state index contributed by atoms with van der Waals surface area (Å²) >= 11 is 1.78. The van der Waals surface area contributed by atoms with Crippen LogP contribution in [0.1, 0.15) is 29.6 Å². The first kappa shape index (κ1) is 8.75. The maximum Gasteiger partial charge on any atom is 0.194 e. The fraction of sp³-hybridized carbons (Fsp3) is 0.500. The van der Waals surface area contributed by atoms with Crippen molar-refractivity contribution < 1.29 is 0 Å². The quantitative estimate of drug-likeness (QED) is 0.718. The molecule has 0 amide bonds. The van der Waals surface area contributed by atoms with Crippen molar-refractivity contribution in [2.24, 2.45) is 0 Å². The largest absolute Gasteiger partial charge is 0.294 e. The Morgan fingerprint density at radius 3 is 2.85 bits per heavy atom. The highest BCUT2D eigenvalue weighted by molar-refractivity contribution is 7.17. The highest BCUT2D eigenvalue weighted by Crippen LogP contribution is 2.21. The molecule has 0 spiro atoms. The smallest absolute Gasteiger partial charge is 0.194 e. The average Bonchev–Trinajstić information content (AvgIpc) is 2.56. The predicted octanol–water partition coefficient (Wildman–Crippen LogP) is 2.97. The van der Waals surface area contributed by atoms with Crippen molar-refractivity contribution in [2.45, 2.75) is 33.6 Å². The highest BCUT2D eigenvalue weighted by atomic mass is 32.1. The van der Waals surface area contributed by atoms with Crippen molar-refractivity contribution in [2.75, 3.05) is 0 Å². The molecule has 0 saturated heterocycles. The fourth-order valence-electron chi connectivity index (χ4n) is 1.48. The SMILES string of the molecule is CCCc1cn2c(C)c(C)sc2n1. The van der Waals surface area contributed by atoms with Crippen LogP contribution in [0.4, 0.5) is 0 Å². The van der Waals surface area contributed by atoms with Crippen LogP contribution in [0.2, 0.25) is 0 Å². The van der Waals surface area contributed by atoms with Crippen molar-refractivity contribution in [3.63, 3.8) is 0 Å². The van der Waals surface area contributed by atoms with Crippen molar-refractivity contribution in [3.05, 3.63) is 22.5 Å². The lowest BCUT2D eigenvalue weighted by atomic mass is 10.3. The Morgan fingerprint density at radius 2 is 2.23 bits per heavy atom. The Morgan fingerprint density at radius 1 is 1.46 bits per heavy atom. The molecule has 0 saturated carbocycles. The minimum atomic E-state index is 1.09. The summed E-state index contributed by atoms with van der Waals surface area (Å²) in [4.78, 5) is 7.07. The van der Waals surface area contributed by atoms with E-state index in [-0.39, 0.29) is 0 Å². The van der Waals surface area contributed by atoms with Gasteiger partial charge in [0.25, 0.3) is 0 Å². The first-order valence-corrected chi connectivity index (χ1v) is 5.48. The van der Waals surface area contributed by atoms with Crippen molar-refractivity contribution >= 4 is 16.3 Å². The third-order valence-corrected chi connectivity index (χ3v) is 3.42. The van der Waals surface area contributed by atoms with Crippen LogP contribution in [-0.2, 0) is 6.42 Å². The van der Waals surface area contributed by atoms with Gasteiger partial charge in [-0.2, -0.15) is 0 Å². The van der Waals surface area contributed by atoms with Crippen LogP contribution >= 0.6 is 11.3 Å². The number of imidazole rings is 1. The summed E-state index contributed by atoms with van der Waals surface area (Å²) < 4.78 is 2.20. The van der Waals surface area contributed by atoms with Crippen LogP contribution in [0.5, 0.6) is 0 Å². The van der Waals surface area contributed by atoms with Gasteiger partial charge in [0.2, 0.25) is 0 Å². The maximum atomic E-state index is 4.57. The van der Waals surface area contributed by atoms with Crippen LogP contribution in [0.3, 0.4) is 0 Å². The molecule has 0 aliphatic rings. The summed E-state index contributed by atoms with van der Waals surface area (Å²) in [6.45, 7) is 6.48. The van der Waals surface area contributed by atoms with E-state index in [1.807, 2.05) is 0 Å². The van der Waals surface area contributed by atoms with E-state index in [0.717, 1.165) is 11.4 Å². The molecule has 3 heteroatoms. The van der Waals surface area contributed by atoms with Gasteiger partial charge < -0.3 is 0 Å². The molecule has 0 atom stereocenters. The van der Waals surface area contributed by atoms with Gasteiger partial charge in [-0.25, -0.2) is 4.98 Å². The van der Waals surface area contributed by atoms with Gasteiger partial charge in [0.1, 0.15) is 0 Å². The van der Waals surface area contributed by atoms with Crippen molar-refractivity contribution in [1.82, 2.24) is 9.38 Å². The zero-order valence-electron chi connectivity index (χ0n) is 8.29. The molecule has 13 heavy (non-hydrogen) atoms. The molecule has 0 bridgehead atoms. The number of nitrogens with zero attached hydrogens (tertiary/aromatic N) is 2. The second-order valence-corrected chi connectivity index (χ2v) is 4.56. The Labute approximate surface area is 82.2 Å². The second kappa shape index (κ2) is 3.14. The van der Waals surface area contributed by atoms with Crippen LogP contribution in [0, 0.1) is 13.8 Å². The summed E-state index contributed by atoms with van der Waals surface area (Å²) in [6.07, 6.45) is 4.42. The van der Waals surface area contributed by atoms with E-state index in [2.05, 4.69) is 36.4 Å². The first-order valence-electron chi connectivity index (χ1n) is 4.66. The van der Waals surface area contributed by atoms with Gasteiger partial charge in [0, 0.05) is 16.8 Å². The number of hydrogen-bond acceptors (Lipinski definition) is 2. The molecule has 0 aliphatic heterocycles. The number of aromatic nitrogens is 2. The van der Waals surface area contributed by atoms with E-state index in [9.17, 15) is 0 Å². The second-order valence-electron chi connectivity index (χ2n) is 3.38. The van der Waals surface area contributed by atoms with E-state index >= 15 is 0 Å². The zero-order valence-corrected chi connectivity index (χ0v) is 9.11. The first-order chi connectivity index (χ1) is 6.22. The van der Waals surface area contributed by atoms with Crippen molar-refractivity contribution in [3.8, 4) is 0 Å². The molecular weight excluding hydrogens is 180 g/mol. The monoisotopic (exact) mass is 194 g/mol. The molecule has 0 N–H and O–H groups in total. The summed E-state index contributed by atoms with van der Waals surface area (Å²) in [5.41, 5.74) is 2.55. The van der Waals surface area contributed by atoms with Crippen LogP contribution in [-0.4, -0.2) is 9.38 Å². The molecule has 2 aromatic heterocycles. The van der Waals surface area contributed by atoms with Gasteiger partial charge in [-0.3, -0.25) is 4.40 Å². The summed E-state index contributed by atoms with van der Waals surface area (Å²) in [5, 5.41) is 0. The minimum Gasteiger partial charge on any atom is -0.294 e. The molecule has 2 aromatic rings. The molecule has 0 fully saturated rings. The van der Waals surface area contributed by atoms with Crippen molar-refractivity contribution in [1.29, 1.82) is 0 Å². The van der Waals surface area contributed by atoms with E-state index in [4.69, 9.17) is 0 Å². The minimum absolute atomic E-state index is 1.09. The number of fused-ring (bicyclic) bond motifs is 1. The molecule has 0 unspecified atom stereocenters. The third-order valence-electron chi connectivity index (χ3n) is 2.34. The van der Waals surface area contributed by atoms with E-state index in [0.29, 0.717) is 0 Å². The summed E-state index contributed by atoms with van der Waals surface area (Å²) in [7, 11) is 0. The number of hydrogen-bond donors (Lipinski definition) is 0. The lowest BCUT2D eigenvalue weighted by molar-refractivity contribution is 0.893. The standard InChI is InChI=1S/C10H14N2S/c1-4-5-9-6-12-7(2)8(3)13-10(12)11-9/h6H,4-5H2,1-3H3. The number of rotatable bonds is 2. The lowest BCUT2D eigenvalue weighted by Gasteiger charge is -1.90. The highest BCUT2D eigenvalue weighted by Gasteiger charge is 2.07. The lowest BCUT2D eigenvalue weighted by Crippen LogP contribution is -1.83. The van der Waals surface area contributed by atoms with Gasteiger partial charge >= 0.3 is 0 Å². The molecule has 2 rings (SSSR count). The molecule has 0 aromatic carbocycles. The van der Waals surface area contributed by atoms with Crippen LogP contribution in [0.25, 0.3) is 4.96 Å². The van der Waals surface area contributed by atoms with E-state index in [1.165, 1.54) is 22.7 Å². The summed E-state index contributed by atoms with van der Waals surface area (Å²) in [6, 6.07) is 0.